The van der Waals surface area contributed by atoms with Crippen LogP contribution in [-0.2, 0) is 13.6 Å². The van der Waals surface area contributed by atoms with Gasteiger partial charge in [0.1, 0.15) is 18.1 Å². The number of hydrogen-bond acceptors (Lipinski definition) is 7. The van der Waals surface area contributed by atoms with Crippen molar-refractivity contribution in [1.82, 2.24) is 24.3 Å². The Morgan fingerprint density at radius 3 is 2.65 bits per heavy atom. The quantitative estimate of drug-likeness (QED) is 0.350. The van der Waals surface area contributed by atoms with Gasteiger partial charge in [0.05, 0.1) is 30.9 Å². The third-order valence-electron chi connectivity index (χ3n) is 4.75. The van der Waals surface area contributed by atoms with E-state index in [-0.39, 0.29) is 0 Å². The van der Waals surface area contributed by atoms with Crippen LogP contribution in [0.1, 0.15) is 29.8 Å². The molecule has 0 saturated carbocycles. The molecule has 12 heteroatoms. The first-order valence-corrected chi connectivity index (χ1v) is 9.86. The maximum atomic E-state index is 13.6. The summed E-state index contributed by atoms with van der Waals surface area (Å²) in [5.41, 5.74) is 3.24. The summed E-state index contributed by atoms with van der Waals surface area (Å²) in [4.78, 5) is 16.2. The fourth-order valence-corrected chi connectivity index (χ4v) is 3.25. The first-order valence-electron chi connectivity index (χ1n) is 9.86. The van der Waals surface area contributed by atoms with E-state index in [4.69, 9.17) is 5.26 Å². The van der Waals surface area contributed by atoms with Crippen molar-refractivity contribution in [2.24, 2.45) is 7.05 Å². The molecule has 1 atom stereocenters. The van der Waals surface area contributed by atoms with Crippen LogP contribution in [-0.4, -0.2) is 34.3 Å². The standard InChI is InChI=1S/C17H16FN5O.C5H3FN2O2/c1-11(24)16-5-13(18)3-4-15(16)17-12(7-21-22(17)2)8-23-9-14(6-19)20-10-23;6-4-2-1-3-7-5(4)8(9)10/h3-5,7,9-11,24H,8H2,1-2H3;1-3H. The number of pyridine rings is 1. The van der Waals surface area contributed by atoms with Gasteiger partial charge in [-0.05, 0) is 52.7 Å². The molecule has 0 bridgehead atoms. The molecule has 0 amide bonds. The van der Waals surface area contributed by atoms with Crippen molar-refractivity contribution >= 4 is 5.82 Å². The number of aliphatic hydroxyl groups excluding tert-OH is 1. The number of benzene rings is 1. The summed E-state index contributed by atoms with van der Waals surface area (Å²) < 4.78 is 29.4. The van der Waals surface area contributed by atoms with Crippen molar-refractivity contribution in [1.29, 1.82) is 5.26 Å². The average Bonchev–Trinajstić information content (AvgIpc) is 3.41. The molecular formula is C22H19F2N7O3. The third kappa shape index (κ3) is 5.45. The van der Waals surface area contributed by atoms with Crippen molar-refractivity contribution in [3.63, 3.8) is 0 Å². The van der Waals surface area contributed by atoms with Crippen LogP contribution < -0.4 is 0 Å². The number of halogens is 2. The summed E-state index contributed by atoms with van der Waals surface area (Å²) in [6.45, 7) is 2.07. The molecule has 1 N–H and O–H groups in total. The molecule has 0 radical (unpaired) electrons. The second kappa shape index (κ2) is 10.4. The minimum absolute atomic E-state index is 0.340. The Hall–Kier alpha value is -4.50. The van der Waals surface area contributed by atoms with Gasteiger partial charge < -0.3 is 19.8 Å². The average molecular weight is 467 g/mol. The number of aromatic nitrogens is 5. The van der Waals surface area contributed by atoms with Crippen LogP contribution in [0.2, 0.25) is 0 Å². The van der Waals surface area contributed by atoms with Crippen molar-refractivity contribution in [3.05, 3.63) is 93.8 Å². The van der Waals surface area contributed by atoms with E-state index in [1.165, 1.54) is 24.4 Å². The van der Waals surface area contributed by atoms with Crippen molar-refractivity contribution in [2.75, 3.05) is 0 Å². The van der Waals surface area contributed by atoms with Gasteiger partial charge >= 0.3 is 5.82 Å². The summed E-state index contributed by atoms with van der Waals surface area (Å²) in [7, 11) is 1.79. The molecule has 0 saturated heterocycles. The Balaban J connectivity index is 0.000000271. The van der Waals surface area contributed by atoms with Crippen LogP contribution in [0, 0.1) is 33.1 Å². The van der Waals surface area contributed by atoms with E-state index >= 15 is 0 Å². The maximum absolute atomic E-state index is 13.6. The van der Waals surface area contributed by atoms with Gasteiger partial charge in [-0.15, -0.1) is 0 Å². The van der Waals surface area contributed by atoms with Gasteiger partial charge in [-0.2, -0.15) is 14.8 Å². The number of imidazole rings is 1. The molecule has 0 fully saturated rings. The summed E-state index contributed by atoms with van der Waals surface area (Å²) in [6.07, 6.45) is 5.31. The van der Waals surface area contributed by atoms with Crippen molar-refractivity contribution in [2.45, 2.75) is 19.6 Å². The fourth-order valence-electron chi connectivity index (χ4n) is 3.25. The van der Waals surface area contributed by atoms with E-state index in [0.29, 0.717) is 17.8 Å². The monoisotopic (exact) mass is 467 g/mol. The lowest BCUT2D eigenvalue weighted by molar-refractivity contribution is -0.392. The van der Waals surface area contributed by atoms with Gasteiger partial charge in [-0.3, -0.25) is 4.68 Å². The molecule has 4 rings (SSSR count). The lowest BCUT2D eigenvalue weighted by Gasteiger charge is -2.14. The van der Waals surface area contributed by atoms with E-state index in [9.17, 15) is 24.0 Å². The Kier molecular flexibility index (Phi) is 7.39. The Bertz CT molecular complexity index is 1360. The number of aryl methyl sites for hydroxylation is 1. The van der Waals surface area contributed by atoms with Gasteiger partial charge in [-0.25, -0.2) is 9.37 Å². The van der Waals surface area contributed by atoms with Crippen molar-refractivity contribution in [3.8, 4) is 17.3 Å². The van der Waals surface area contributed by atoms with Gasteiger partial charge in [0.15, 0.2) is 5.69 Å². The molecular weight excluding hydrogens is 448 g/mol. The number of aliphatic hydroxyl groups is 1. The van der Waals surface area contributed by atoms with E-state index in [2.05, 4.69) is 15.1 Å². The van der Waals surface area contributed by atoms with Crippen LogP contribution in [0.3, 0.4) is 0 Å². The van der Waals surface area contributed by atoms with Gasteiger partial charge in [-0.1, -0.05) is 0 Å². The summed E-state index contributed by atoms with van der Waals surface area (Å²) in [6, 6.07) is 8.62. The fraction of sp³-hybridized carbons (Fsp3) is 0.182. The number of hydrogen-bond donors (Lipinski definition) is 1. The highest BCUT2D eigenvalue weighted by Gasteiger charge is 2.18. The van der Waals surface area contributed by atoms with Gasteiger partial charge in [0.2, 0.25) is 5.82 Å². The van der Waals surface area contributed by atoms with Crippen LogP contribution in [0.15, 0.2) is 55.2 Å². The highest BCUT2D eigenvalue weighted by Crippen LogP contribution is 2.31. The lowest BCUT2D eigenvalue weighted by Crippen LogP contribution is -2.04. The lowest BCUT2D eigenvalue weighted by atomic mass is 9.98. The zero-order chi connectivity index (χ0) is 24.8. The molecule has 1 unspecified atom stereocenters. The minimum atomic E-state index is -0.910. The largest absolute Gasteiger partial charge is 0.399 e. The third-order valence-corrected chi connectivity index (χ3v) is 4.75. The topological polar surface area (TPSA) is 136 Å². The minimum Gasteiger partial charge on any atom is -0.389 e. The molecule has 3 heterocycles. The van der Waals surface area contributed by atoms with Crippen molar-refractivity contribution < 1.29 is 18.8 Å². The second-order valence-electron chi connectivity index (χ2n) is 7.16. The molecule has 174 valence electrons. The number of rotatable bonds is 5. The summed E-state index contributed by atoms with van der Waals surface area (Å²) >= 11 is 0. The molecule has 0 aliphatic heterocycles. The second-order valence-corrected chi connectivity index (χ2v) is 7.16. The number of nitro groups is 1. The van der Waals surface area contributed by atoms with Crippen LogP contribution in [0.5, 0.6) is 0 Å². The Labute approximate surface area is 192 Å². The van der Waals surface area contributed by atoms with Crippen LogP contribution >= 0.6 is 0 Å². The highest BCUT2D eigenvalue weighted by atomic mass is 19.1. The molecule has 0 aliphatic rings. The predicted octanol–water partition coefficient (Wildman–Crippen LogP) is 3.52. The van der Waals surface area contributed by atoms with Gasteiger partial charge in [0, 0.05) is 24.4 Å². The molecule has 0 aliphatic carbocycles. The SMILES string of the molecule is CC(O)c1cc(F)ccc1-c1c(Cn2cnc(C#N)c2)cnn1C.O=[N+]([O-])c1ncccc1F. The first-order chi connectivity index (χ1) is 16.2. The summed E-state index contributed by atoms with van der Waals surface area (Å²) in [5, 5.41) is 33.1. The highest BCUT2D eigenvalue weighted by molar-refractivity contribution is 5.68. The molecule has 34 heavy (non-hydrogen) atoms. The van der Waals surface area contributed by atoms with Crippen LogP contribution in [0.4, 0.5) is 14.6 Å². The zero-order valence-corrected chi connectivity index (χ0v) is 18.1. The predicted molar refractivity (Wildman–Crippen MR) is 116 cm³/mol. The van der Waals surface area contributed by atoms with E-state index in [0.717, 1.165) is 22.9 Å². The Morgan fingerprint density at radius 1 is 1.29 bits per heavy atom. The van der Waals surface area contributed by atoms with Crippen LogP contribution in [0.25, 0.3) is 11.3 Å². The number of nitrogens with zero attached hydrogens (tertiary/aromatic N) is 7. The van der Waals surface area contributed by atoms with E-state index < -0.39 is 28.5 Å². The molecule has 10 nitrogen and oxygen atoms in total. The maximum Gasteiger partial charge on any atom is 0.399 e. The molecule has 0 spiro atoms. The van der Waals surface area contributed by atoms with Gasteiger partial charge in [0.25, 0.3) is 0 Å². The van der Waals surface area contributed by atoms with E-state index in [1.807, 2.05) is 6.07 Å². The molecule has 4 aromatic rings. The zero-order valence-electron chi connectivity index (χ0n) is 18.1. The van der Waals surface area contributed by atoms with E-state index in [1.54, 1.807) is 48.0 Å². The number of nitriles is 1. The molecule has 3 aromatic heterocycles. The Morgan fingerprint density at radius 2 is 2.06 bits per heavy atom. The normalized spacial score (nSPS) is 11.3. The molecule has 1 aromatic carbocycles. The smallest absolute Gasteiger partial charge is 0.389 e. The summed E-state index contributed by atoms with van der Waals surface area (Å²) in [5.74, 6) is -2.04. The first kappa shape index (κ1) is 24.1.